The quantitative estimate of drug-likeness (QED) is 0.0112. The molecule has 0 unspecified atom stereocenters. The number of aliphatic hydroxyl groups is 3. The van der Waals surface area contributed by atoms with Gasteiger partial charge >= 0.3 is 5.97 Å². The van der Waals surface area contributed by atoms with Gasteiger partial charge in [-0.2, -0.15) is 0 Å². The molecule has 548 valence electrons. The predicted octanol–water partition coefficient (Wildman–Crippen LogP) is -6.95. The summed E-state index contributed by atoms with van der Waals surface area (Å²) in [4.78, 5) is 200. The summed E-state index contributed by atoms with van der Waals surface area (Å²) in [6.45, 7) is 9.51. The van der Waals surface area contributed by atoms with Crippen LogP contribution < -0.4 is 76.1 Å². The van der Waals surface area contributed by atoms with E-state index in [9.17, 15) is 82.8 Å². The number of primary amides is 1. The van der Waals surface area contributed by atoms with E-state index in [0.717, 1.165) is 19.4 Å². The fourth-order valence-corrected chi connectivity index (χ4v) is 10.8. The third-order valence-electron chi connectivity index (χ3n) is 16.1. The first-order valence-corrected chi connectivity index (χ1v) is 32.4. The van der Waals surface area contributed by atoms with E-state index < -0.39 is 181 Å². The van der Waals surface area contributed by atoms with Crippen molar-refractivity contribution < 1.29 is 82.8 Å². The number of aliphatic hydroxyl groups excluding tert-OH is 3. The highest BCUT2D eigenvalue weighted by Crippen LogP contribution is 2.23. The van der Waals surface area contributed by atoms with Gasteiger partial charge in [0.15, 0.2) is 5.96 Å². The van der Waals surface area contributed by atoms with Crippen LogP contribution in [0.4, 0.5) is 0 Å². The summed E-state index contributed by atoms with van der Waals surface area (Å²) in [5, 5.41) is 66.8. The van der Waals surface area contributed by atoms with Gasteiger partial charge in [0, 0.05) is 73.2 Å². The molecule has 0 aliphatic carbocycles. The molecule has 1 aromatic carbocycles. The fraction of sp³-hybridized carbons (Fsp3) is 0.548. The van der Waals surface area contributed by atoms with Crippen LogP contribution in [0.5, 0.6) is 0 Å². The molecule has 0 spiro atoms. The van der Waals surface area contributed by atoms with E-state index >= 15 is 0 Å². The lowest BCUT2D eigenvalue weighted by atomic mass is 10.0. The molecule has 1 aliphatic rings. The van der Waals surface area contributed by atoms with E-state index in [0.29, 0.717) is 17.4 Å². The summed E-state index contributed by atoms with van der Waals surface area (Å²) in [5.74, 6) is -13.9. The van der Waals surface area contributed by atoms with Crippen molar-refractivity contribution in [3.05, 3.63) is 72.5 Å². The Kier molecular flexibility index (Phi) is 30.4. The van der Waals surface area contributed by atoms with Gasteiger partial charge in [0.2, 0.25) is 70.9 Å². The number of fused-ring (bicyclic) bond motifs is 1. The summed E-state index contributed by atoms with van der Waals surface area (Å²) in [5.41, 5.74) is 24.4. The van der Waals surface area contributed by atoms with Gasteiger partial charge in [0.25, 0.3) is 0 Å². The Morgan fingerprint density at radius 3 is 1.59 bits per heavy atom. The van der Waals surface area contributed by atoms with Gasteiger partial charge in [0.05, 0.1) is 43.4 Å². The first-order valence-electron chi connectivity index (χ1n) is 32.4. The van der Waals surface area contributed by atoms with Crippen molar-refractivity contribution in [2.45, 2.75) is 197 Å². The van der Waals surface area contributed by atoms with E-state index in [1.165, 1.54) is 50.7 Å². The molecule has 4 heterocycles. The zero-order chi connectivity index (χ0) is 74.2. The molecular formula is C62H93N21O17. The van der Waals surface area contributed by atoms with Gasteiger partial charge in [0.1, 0.15) is 66.5 Å². The van der Waals surface area contributed by atoms with Crippen LogP contribution in [-0.4, -0.2) is 237 Å². The number of nitrogens with one attached hydrogen (secondary N) is 13. The molecule has 15 atom stereocenters. The Hall–Kier alpha value is -10.6. The molecular weight excluding hydrogens is 1310 g/mol. The molecule has 25 N–H and O–H groups in total. The number of benzene rings is 1. The summed E-state index contributed by atoms with van der Waals surface area (Å²) in [7, 11) is 0. The number of aliphatic imine (C=N–C) groups is 1. The SMILES string of the molecule is CC(C)C[C@H](N)C(=O)N[C@@H](C)C(=O)N[C@@H](C)C(=O)N[C@@H](CC(=O)O)C(=O)N[C@H](C(=O)N[C@H](C(=O)N[C@@H](Cc1cnc[nH]1)C(=O)N[C@@H](Cc1cnc[nH]1)C(=O)N[C@@H](CCCN=C(N)N)C(=O)N1CCC[C@H]1C(=O)N[C@@H](Cc1c[nH]c2ccccc12)C(=O)N[C@H](C(N)=O)[C@@H](C)O)[C@@H](C)O)[C@@H](C)O. The van der Waals surface area contributed by atoms with Gasteiger partial charge in [-0.05, 0) is 84.3 Å². The number of aromatic nitrogens is 5. The lowest BCUT2D eigenvalue weighted by molar-refractivity contribution is -0.142. The van der Waals surface area contributed by atoms with E-state index in [1.54, 1.807) is 30.5 Å². The number of rotatable bonds is 39. The van der Waals surface area contributed by atoms with Crippen molar-refractivity contribution >= 4 is 93.7 Å². The molecule has 38 heteroatoms. The zero-order valence-electron chi connectivity index (χ0n) is 56.4. The molecule has 38 nitrogen and oxygen atoms in total. The van der Waals surface area contributed by atoms with Crippen LogP contribution in [0.1, 0.15) is 104 Å². The van der Waals surface area contributed by atoms with Gasteiger partial charge in [-0.1, -0.05) is 32.0 Å². The van der Waals surface area contributed by atoms with E-state index in [-0.39, 0.29) is 74.9 Å². The van der Waals surface area contributed by atoms with Gasteiger partial charge in [-0.3, -0.25) is 67.3 Å². The minimum atomic E-state index is -2.03. The number of likely N-dealkylation sites (tertiary alicyclic amines) is 1. The van der Waals surface area contributed by atoms with E-state index in [4.69, 9.17) is 22.9 Å². The number of carboxylic acids is 1. The number of carbonyl (C=O) groups excluding carboxylic acids is 12. The maximum absolute atomic E-state index is 14.9. The third-order valence-corrected chi connectivity index (χ3v) is 16.1. The van der Waals surface area contributed by atoms with E-state index in [2.05, 4.69) is 83.1 Å². The third kappa shape index (κ3) is 24.1. The number of aliphatic carboxylic acids is 1. The van der Waals surface area contributed by atoms with Crippen LogP contribution in [0.2, 0.25) is 0 Å². The first kappa shape index (κ1) is 80.1. The van der Waals surface area contributed by atoms with Crippen molar-refractivity contribution in [1.82, 2.24) is 83.0 Å². The monoisotopic (exact) mass is 1400 g/mol. The van der Waals surface area contributed by atoms with Crippen molar-refractivity contribution in [2.75, 3.05) is 13.1 Å². The normalized spacial score (nSPS) is 17.0. The van der Waals surface area contributed by atoms with Gasteiger partial charge in [-0.25, -0.2) is 9.97 Å². The van der Waals surface area contributed by atoms with Crippen LogP contribution in [0.25, 0.3) is 10.9 Å². The Morgan fingerprint density at radius 2 is 1.06 bits per heavy atom. The number of hydrogen-bond donors (Lipinski definition) is 21. The number of carboxylic acid groups (broad SMARTS) is 1. The van der Waals surface area contributed by atoms with Crippen LogP contribution in [0, 0.1) is 5.92 Å². The number of guanidine groups is 1. The number of amides is 12. The number of para-hydroxylation sites is 1. The highest BCUT2D eigenvalue weighted by Gasteiger charge is 2.42. The zero-order valence-corrected chi connectivity index (χ0v) is 56.4. The van der Waals surface area contributed by atoms with Crippen LogP contribution in [0.15, 0.2) is 60.5 Å². The first-order chi connectivity index (χ1) is 47.1. The minimum Gasteiger partial charge on any atom is -0.481 e. The van der Waals surface area contributed by atoms with Crippen molar-refractivity contribution in [3.63, 3.8) is 0 Å². The topological polar surface area (TPSA) is 616 Å². The number of carbonyl (C=O) groups is 13. The molecule has 100 heavy (non-hydrogen) atoms. The Morgan fingerprint density at radius 1 is 0.580 bits per heavy atom. The lowest BCUT2D eigenvalue weighted by Crippen LogP contribution is -2.63. The molecule has 12 amide bonds. The fourth-order valence-electron chi connectivity index (χ4n) is 10.8. The molecule has 4 aromatic rings. The summed E-state index contributed by atoms with van der Waals surface area (Å²) in [6.07, 6.45) is 0.417. The second-order valence-corrected chi connectivity index (χ2v) is 24.9. The molecule has 1 aliphatic heterocycles. The highest BCUT2D eigenvalue weighted by atomic mass is 16.4. The van der Waals surface area contributed by atoms with E-state index in [1.807, 2.05) is 13.8 Å². The molecule has 0 radical (unpaired) electrons. The minimum absolute atomic E-state index is 0.00982. The predicted molar refractivity (Wildman–Crippen MR) is 356 cm³/mol. The van der Waals surface area contributed by atoms with Crippen LogP contribution in [0.3, 0.4) is 0 Å². The van der Waals surface area contributed by atoms with Crippen LogP contribution >= 0.6 is 0 Å². The molecule has 0 saturated carbocycles. The second-order valence-electron chi connectivity index (χ2n) is 24.9. The number of hydrogen-bond acceptors (Lipinski definition) is 20. The van der Waals surface area contributed by atoms with Crippen molar-refractivity contribution in [2.24, 2.45) is 33.8 Å². The lowest BCUT2D eigenvalue weighted by Gasteiger charge is -2.31. The van der Waals surface area contributed by atoms with Gasteiger partial charge in [-0.15, -0.1) is 0 Å². The number of nitrogens with zero attached hydrogens (tertiary/aromatic N) is 4. The Balaban J connectivity index is 1.36. The maximum atomic E-state index is 14.9. The standard InChI is InChI=1S/C62H93N21O17/c1-28(2)18-38(63)53(92)74-29(3)51(90)73-30(4)52(91)76-44(22-46(87)88)57(96)81-49(33(7)86)60(99)82-48(32(6)85)59(98)79-43(21-36-25-68-27-72-36)55(94)77-42(20-35-24-67-26-71-35)54(93)75-40(14-10-16-69-62(65)66)61(100)83-17-11-15-45(83)58(97)78-41(56(95)80-47(31(5)84)50(64)89)19-34-23-70-39-13-9-8-12-37(34)39/h8-9,12-13,23-33,38,40-45,47-49,70,84-86H,10-11,14-22,63H2,1-7H3,(H2,64,89)(H,67,71)(H,68,72)(H,73,90)(H,74,92)(H,75,93)(H,76,91)(H,77,94)(H,78,97)(H,79,98)(H,80,95)(H,81,96)(H,82,99)(H,87,88)(H4,65,66,69)/t29-,30-,31+,32+,33+,38-,40-,41-,42-,43-,44-,45-,47-,48-,49-/m0/s1. The second kappa shape index (κ2) is 37.9. The maximum Gasteiger partial charge on any atom is 0.305 e. The number of aromatic amines is 3. The van der Waals surface area contributed by atoms with Crippen LogP contribution in [-0.2, 0) is 81.6 Å². The summed E-state index contributed by atoms with van der Waals surface area (Å²) < 4.78 is 0. The molecule has 1 saturated heterocycles. The highest BCUT2D eigenvalue weighted by molar-refractivity contribution is 6.00. The number of H-pyrrole nitrogens is 3. The smallest absolute Gasteiger partial charge is 0.305 e. The van der Waals surface area contributed by atoms with Crippen molar-refractivity contribution in [1.29, 1.82) is 0 Å². The Labute approximate surface area is 574 Å². The number of imidazole rings is 2. The number of nitrogens with two attached hydrogens (primary N) is 4. The Bertz CT molecular complexity index is 3520. The summed E-state index contributed by atoms with van der Waals surface area (Å²) in [6, 6.07) is -11.4. The molecule has 0 bridgehead atoms. The average molecular weight is 1400 g/mol. The van der Waals surface area contributed by atoms with Crippen molar-refractivity contribution in [3.8, 4) is 0 Å². The molecule has 5 rings (SSSR count). The largest absolute Gasteiger partial charge is 0.481 e. The van der Waals surface area contributed by atoms with Gasteiger partial charge < -0.3 is 116 Å². The summed E-state index contributed by atoms with van der Waals surface area (Å²) >= 11 is 0. The average Bonchev–Trinajstić information content (AvgIpc) is 1.65. The molecule has 1 fully saturated rings. The molecule has 3 aromatic heterocycles.